The first-order valence-corrected chi connectivity index (χ1v) is 65.8. The third-order valence-electron chi connectivity index (χ3n) is 27.1. The van der Waals surface area contributed by atoms with Crippen LogP contribution in [0.25, 0.3) is 44.3 Å². The van der Waals surface area contributed by atoms with Gasteiger partial charge in [0.25, 0.3) is 0 Å². The van der Waals surface area contributed by atoms with Gasteiger partial charge in [0.1, 0.15) is 0 Å². The Bertz CT molecular complexity index is 3010. The molecule has 5 aromatic rings. The number of fused-ring (bicyclic) bond motifs is 10. The van der Waals surface area contributed by atoms with Gasteiger partial charge in [-0.2, -0.15) is 0 Å². The Morgan fingerprint density at radius 2 is 0.439 bits per heavy atom. The van der Waals surface area contributed by atoms with Crippen LogP contribution in [0.3, 0.4) is 0 Å². The molecule has 0 saturated heterocycles. The van der Waals surface area contributed by atoms with E-state index in [0.29, 0.717) is 0 Å². The summed E-state index contributed by atoms with van der Waals surface area (Å²) in [6.07, 6.45) is 90.3. The van der Waals surface area contributed by atoms with Crippen molar-refractivity contribution in [2.45, 2.75) is 511 Å². The van der Waals surface area contributed by atoms with Gasteiger partial charge in [0.15, 0.2) is 0 Å². The van der Waals surface area contributed by atoms with Gasteiger partial charge in [0.2, 0.25) is 0 Å². The Morgan fingerprint density at radius 3 is 0.673 bits per heavy atom. The fraction of sp³-hybridized carbons (Fsp3) is 0.818. The number of rotatable bonds is 71. The van der Waals surface area contributed by atoms with E-state index in [0.717, 1.165) is 22.1 Å². The fourth-order valence-electron chi connectivity index (χ4n) is 20.4. The van der Waals surface area contributed by atoms with Gasteiger partial charge >= 0.3 is 468 Å². The fourth-order valence-corrected chi connectivity index (χ4v) is 41.0. The molecule has 107 heavy (non-hydrogen) atoms. The van der Waals surface area contributed by atoms with Crippen LogP contribution in [0.1, 0.15) is 494 Å². The maximum absolute atomic E-state index is 6.35. The Kier molecular flexibility index (Phi) is 46.5. The standard InChI is InChI=1S/C84H136N4O2.3C4H9.3CH3.2Sn/c1-5-9-13-17-21-25-29-33-37-41-45-49-53-57-65-83(66-58-54-50-46-42-38-34-30-26-22-18-14-10-6-2)73-61-63-77-81(87-89-85-77)79(73)71-70-76-72(69-75(71)83)80-74(62-64-78-82(80)88-90-86-78)84(76,67-59-55-51-47-43-39-35-31-27-23-19-15-11-7-3)68-60-56-52-48-44-40-36-32-28-24-20-16-12-8-4;3*1-3-4-2;;;;;/h61-62,69-70H,5-60,65-68H2,1-4H3;3*1,3-4H2,2H3;3*1H3;;. The molecule has 3 aromatic carbocycles. The molecule has 0 N–H and O–H groups in total. The molecule has 0 bridgehead atoms. The summed E-state index contributed by atoms with van der Waals surface area (Å²) in [5.74, 6) is 0. The molecule has 0 radical (unpaired) electrons. The Labute approximate surface area is 670 Å². The van der Waals surface area contributed by atoms with Crippen molar-refractivity contribution in [2.75, 3.05) is 0 Å². The van der Waals surface area contributed by atoms with E-state index >= 15 is 0 Å². The first kappa shape index (κ1) is 92.2. The molecule has 8 heteroatoms. The molecule has 0 spiro atoms. The molecule has 0 fully saturated rings. The van der Waals surface area contributed by atoms with Gasteiger partial charge in [-0.3, -0.25) is 0 Å². The Hall–Kier alpha value is -1.94. The zero-order valence-electron chi connectivity index (χ0n) is 72.7. The quantitative estimate of drug-likeness (QED) is 0.0285. The van der Waals surface area contributed by atoms with Crippen molar-refractivity contribution in [1.82, 2.24) is 20.6 Å². The molecule has 7 rings (SSSR count). The van der Waals surface area contributed by atoms with Crippen molar-refractivity contribution >= 4 is 66.0 Å². The Morgan fingerprint density at radius 1 is 0.234 bits per heavy atom. The van der Waals surface area contributed by atoms with Crippen LogP contribution >= 0.6 is 0 Å². The molecule has 0 saturated carbocycles. The van der Waals surface area contributed by atoms with Crippen molar-refractivity contribution in [3.05, 3.63) is 46.5 Å². The van der Waals surface area contributed by atoms with Crippen LogP contribution in [0.15, 0.2) is 33.5 Å². The van der Waals surface area contributed by atoms with E-state index in [-0.39, 0.29) is 10.8 Å². The van der Waals surface area contributed by atoms with Gasteiger partial charge in [0, 0.05) is 0 Å². The topological polar surface area (TPSA) is 77.8 Å². The minimum atomic E-state index is -3.21. The van der Waals surface area contributed by atoms with Crippen LogP contribution in [-0.4, -0.2) is 57.4 Å². The van der Waals surface area contributed by atoms with Crippen LogP contribution < -0.4 is 7.16 Å². The third kappa shape index (κ3) is 29.1. The third-order valence-corrected chi connectivity index (χ3v) is 48.3. The number of hydrogen-bond donors (Lipinski definition) is 0. The molecule has 2 aliphatic carbocycles. The minimum absolute atomic E-state index is 0.130. The van der Waals surface area contributed by atoms with Gasteiger partial charge in [-0.1, -0.05) is 207 Å². The van der Waals surface area contributed by atoms with Gasteiger partial charge in [-0.15, -0.1) is 0 Å². The van der Waals surface area contributed by atoms with Crippen molar-refractivity contribution in [1.29, 1.82) is 0 Å². The molecule has 2 aromatic heterocycles. The number of nitrogens with zero attached hydrogens (tertiary/aromatic N) is 4. The van der Waals surface area contributed by atoms with Crippen molar-refractivity contribution in [3.63, 3.8) is 0 Å². The molecule has 0 amide bonds. The van der Waals surface area contributed by atoms with Crippen LogP contribution in [-0.2, 0) is 10.8 Å². The average molecular weight is 1690 g/mol. The normalized spacial score (nSPS) is 13.8. The summed E-state index contributed by atoms with van der Waals surface area (Å²) in [5.41, 5.74) is 16.3. The summed E-state index contributed by atoms with van der Waals surface area (Å²) in [6.45, 7) is 16.7. The molecule has 2 heterocycles. The van der Waals surface area contributed by atoms with E-state index in [1.54, 1.807) is 25.8 Å². The number of hydrogen-bond acceptors (Lipinski definition) is 6. The van der Waals surface area contributed by atoms with E-state index in [4.69, 9.17) is 29.9 Å². The monoisotopic (exact) mass is 1690 g/mol. The van der Waals surface area contributed by atoms with E-state index < -0.39 is 36.8 Å². The molecule has 608 valence electrons. The summed E-state index contributed by atoms with van der Waals surface area (Å²) in [6, 6.07) is 11.5. The number of benzene rings is 3. The van der Waals surface area contributed by atoms with E-state index in [2.05, 4.69) is 87.6 Å². The van der Waals surface area contributed by atoms with Gasteiger partial charge in [0.05, 0.1) is 0 Å². The summed E-state index contributed by atoms with van der Waals surface area (Å²) < 4.78 is 19.9. The summed E-state index contributed by atoms with van der Waals surface area (Å²) in [4.78, 5) is 7.84. The first-order valence-electron chi connectivity index (χ1n) is 48.4. The molecule has 0 unspecified atom stereocenters. The summed E-state index contributed by atoms with van der Waals surface area (Å²) in [7, 11) is 0. The predicted molar refractivity (Wildman–Crippen MR) is 477 cm³/mol. The van der Waals surface area contributed by atoms with Crippen LogP contribution in [0.2, 0.25) is 28.1 Å². The summed E-state index contributed by atoms with van der Waals surface area (Å²) in [5, 5.41) is 20.7. The van der Waals surface area contributed by atoms with Crippen molar-refractivity contribution in [2.24, 2.45) is 0 Å². The molecule has 0 atom stereocenters. The SMILES string of the molecule is CCCCCCCCCCCCCCCCC1(CCCCCCCCCCCCCCCC)c2cc3c(cc2-c2c1c[c]([Sn]([CH3])([CH3])[CH3])c1nonc21)C(CCCCCCCCCCCCCCCC)(CCCCCCCCCCCCCCCC)c1c[c]([Sn]([CH2]CCC)([CH2]CCC)[CH2]CCC)c2nonc2c1-3. The predicted octanol–water partition coefficient (Wildman–Crippen LogP) is 33.4. The summed E-state index contributed by atoms with van der Waals surface area (Å²) >= 11 is -6.07. The van der Waals surface area contributed by atoms with Gasteiger partial charge in [-0.25, -0.2) is 0 Å². The van der Waals surface area contributed by atoms with Crippen molar-refractivity contribution in [3.8, 4) is 22.3 Å². The Balaban J connectivity index is 1.32. The first-order chi connectivity index (χ1) is 52.6. The second-order valence-corrected chi connectivity index (χ2v) is 64.5. The molecular weight excluding hydrogens is 1510 g/mol. The van der Waals surface area contributed by atoms with Crippen LogP contribution in [0, 0.1) is 0 Å². The number of aromatic nitrogens is 4. The van der Waals surface area contributed by atoms with E-state index in [1.165, 1.54) is 463 Å². The molecular formula is C99H172N4O2Sn2. The zero-order valence-corrected chi connectivity index (χ0v) is 78.4. The second-order valence-electron chi connectivity index (χ2n) is 36.9. The maximum atomic E-state index is 6.35. The molecule has 6 nitrogen and oxygen atoms in total. The molecule has 0 aliphatic heterocycles. The number of unbranched alkanes of at least 4 members (excludes halogenated alkanes) is 55. The van der Waals surface area contributed by atoms with E-state index in [9.17, 15) is 0 Å². The van der Waals surface area contributed by atoms with Crippen LogP contribution in [0.5, 0.6) is 0 Å². The van der Waals surface area contributed by atoms with Crippen LogP contribution in [0.4, 0.5) is 0 Å². The van der Waals surface area contributed by atoms with Crippen molar-refractivity contribution < 1.29 is 9.26 Å². The van der Waals surface area contributed by atoms with Gasteiger partial charge in [-0.05, 0) is 0 Å². The second kappa shape index (κ2) is 54.0. The average Bonchev–Trinajstić information content (AvgIpc) is 1.51. The van der Waals surface area contributed by atoms with Gasteiger partial charge < -0.3 is 0 Å². The van der Waals surface area contributed by atoms with E-state index in [1.807, 2.05) is 0 Å². The zero-order chi connectivity index (χ0) is 75.9. The molecule has 2 aliphatic rings.